The van der Waals surface area contributed by atoms with Crippen molar-refractivity contribution < 1.29 is 14.6 Å². The van der Waals surface area contributed by atoms with Crippen molar-refractivity contribution in [1.29, 1.82) is 0 Å². The quantitative estimate of drug-likeness (QED) is 0.761. The number of benzene rings is 1. The van der Waals surface area contributed by atoms with Gasteiger partial charge >= 0.3 is 5.97 Å². The Morgan fingerprint density at radius 3 is 2.86 bits per heavy atom. The van der Waals surface area contributed by atoms with E-state index < -0.39 is 5.97 Å². The van der Waals surface area contributed by atoms with Crippen LogP contribution in [0.5, 0.6) is 5.75 Å². The highest BCUT2D eigenvalue weighted by Gasteiger charge is 2.11. The van der Waals surface area contributed by atoms with Crippen LogP contribution in [0.15, 0.2) is 24.4 Å². The van der Waals surface area contributed by atoms with Crippen molar-refractivity contribution >= 4 is 16.9 Å². The van der Waals surface area contributed by atoms with Crippen LogP contribution < -0.4 is 4.74 Å². The molecule has 72 valence electrons. The van der Waals surface area contributed by atoms with E-state index in [1.165, 1.54) is 6.07 Å². The summed E-state index contributed by atoms with van der Waals surface area (Å²) in [7, 11) is 1.56. The first-order valence-corrected chi connectivity index (χ1v) is 4.11. The minimum atomic E-state index is -0.944. The Labute approximate surface area is 80.1 Å². The molecule has 0 aliphatic rings. The number of aromatic nitrogens is 1. The molecule has 0 unspecified atom stereocenters. The predicted octanol–water partition coefficient (Wildman–Crippen LogP) is 1.87. The Bertz CT molecular complexity index is 487. The summed E-state index contributed by atoms with van der Waals surface area (Å²) in [4.78, 5) is 13.7. The summed E-state index contributed by atoms with van der Waals surface area (Å²) in [6.45, 7) is 0. The summed E-state index contributed by atoms with van der Waals surface area (Å²) in [5.41, 5.74) is 0.850. The highest BCUT2D eigenvalue weighted by atomic mass is 16.5. The van der Waals surface area contributed by atoms with Gasteiger partial charge in [0.2, 0.25) is 0 Å². The Balaban J connectivity index is 2.78. The molecular formula is C10H9NO3. The Morgan fingerprint density at radius 1 is 1.43 bits per heavy atom. The van der Waals surface area contributed by atoms with Gasteiger partial charge in [-0.05, 0) is 18.2 Å². The number of hydrogen-bond acceptors (Lipinski definition) is 2. The average molecular weight is 191 g/mol. The van der Waals surface area contributed by atoms with Crippen LogP contribution >= 0.6 is 0 Å². The lowest BCUT2D eigenvalue weighted by Crippen LogP contribution is -1.97. The van der Waals surface area contributed by atoms with Crippen molar-refractivity contribution in [3.8, 4) is 5.75 Å². The van der Waals surface area contributed by atoms with Crippen LogP contribution in [-0.4, -0.2) is 23.2 Å². The maximum absolute atomic E-state index is 10.9. The fourth-order valence-corrected chi connectivity index (χ4v) is 1.49. The number of aromatic amines is 1. The number of aromatic carboxylic acids is 1. The average Bonchev–Trinajstić information content (AvgIpc) is 2.64. The van der Waals surface area contributed by atoms with Crippen LogP contribution in [0, 0.1) is 0 Å². The molecule has 0 aliphatic carbocycles. The van der Waals surface area contributed by atoms with E-state index in [4.69, 9.17) is 9.84 Å². The number of ether oxygens (including phenoxy) is 1. The number of H-pyrrole nitrogens is 1. The van der Waals surface area contributed by atoms with Gasteiger partial charge in [0.1, 0.15) is 5.75 Å². The second-order valence-corrected chi connectivity index (χ2v) is 2.89. The number of methoxy groups -OCH3 is 1. The maximum Gasteiger partial charge on any atom is 0.337 e. The fraction of sp³-hybridized carbons (Fsp3) is 0.100. The van der Waals surface area contributed by atoms with Gasteiger partial charge in [-0.2, -0.15) is 0 Å². The topological polar surface area (TPSA) is 62.3 Å². The zero-order valence-corrected chi connectivity index (χ0v) is 7.57. The summed E-state index contributed by atoms with van der Waals surface area (Å²) in [5, 5.41) is 9.69. The Hall–Kier alpha value is -1.97. The van der Waals surface area contributed by atoms with Crippen molar-refractivity contribution in [2.45, 2.75) is 0 Å². The number of carboxylic acid groups (broad SMARTS) is 1. The van der Waals surface area contributed by atoms with E-state index in [-0.39, 0.29) is 5.56 Å². The van der Waals surface area contributed by atoms with E-state index in [1.54, 1.807) is 25.4 Å². The van der Waals surface area contributed by atoms with Crippen LogP contribution in [-0.2, 0) is 0 Å². The zero-order chi connectivity index (χ0) is 10.1. The molecule has 0 saturated carbocycles. The van der Waals surface area contributed by atoms with Gasteiger partial charge in [0.25, 0.3) is 0 Å². The number of fused-ring (bicyclic) bond motifs is 1. The van der Waals surface area contributed by atoms with Crippen LogP contribution in [0.3, 0.4) is 0 Å². The molecule has 1 heterocycles. The van der Waals surface area contributed by atoms with Gasteiger partial charge in [-0.1, -0.05) is 0 Å². The predicted molar refractivity (Wildman–Crippen MR) is 51.8 cm³/mol. The molecule has 0 fully saturated rings. The largest absolute Gasteiger partial charge is 0.496 e. The van der Waals surface area contributed by atoms with E-state index in [0.717, 1.165) is 5.39 Å². The normalized spacial score (nSPS) is 10.4. The third-order valence-corrected chi connectivity index (χ3v) is 2.13. The first-order chi connectivity index (χ1) is 6.74. The monoisotopic (exact) mass is 191 g/mol. The van der Waals surface area contributed by atoms with Gasteiger partial charge in [0.05, 0.1) is 18.2 Å². The van der Waals surface area contributed by atoms with Gasteiger partial charge in [0, 0.05) is 11.6 Å². The second kappa shape index (κ2) is 3.06. The van der Waals surface area contributed by atoms with E-state index in [9.17, 15) is 4.79 Å². The first kappa shape index (κ1) is 8.62. The molecule has 4 nitrogen and oxygen atoms in total. The van der Waals surface area contributed by atoms with Crippen LogP contribution in [0.1, 0.15) is 10.4 Å². The molecule has 4 heteroatoms. The lowest BCUT2D eigenvalue weighted by molar-refractivity contribution is 0.0699. The summed E-state index contributed by atoms with van der Waals surface area (Å²) < 4.78 is 5.11. The molecule has 0 saturated heterocycles. The molecule has 0 bridgehead atoms. The summed E-state index contributed by atoms with van der Waals surface area (Å²) in [5.74, 6) is -0.272. The van der Waals surface area contributed by atoms with E-state index >= 15 is 0 Å². The van der Waals surface area contributed by atoms with Crippen molar-refractivity contribution in [3.63, 3.8) is 0 Å². The fourth-order valence-electron chi connectivity index (χ4n) is 1.49. The van der Waals surface area contributed by atoms with E-state index in [1.807, 2.05) is 0 Å². The minimum absolute atomic E-state index is 0.255. The van der Waals surface area contributed by atoms with Crippen molar-refractivity contribution in [2.75, 3.05) is 7.11 Å². The first-order valence-electron chi connectivity index (χ1n) is 4.11. The highest BCUT2D eigenvalue weighted by Crippen LogP contribution is 2.27. The number of rotatable bonds is 2. The molecular weight excluding hydrogens is 182 g/mol. The molecule has 0 amide bonds. The van der Waals surface area contributed by atoms with Gasteiger partial charge < -0.3 is 14.8 Å². The van der Waals surface area contributed by atoms with Gasteiger partial charge in [-0.25, -0.2) is 4.79 Å². The SMILES string of the molecule is COc1ccc(C(=O)O)c2[nH]ccc12. The van der Waals surface area contributed by atoms with E-state index in [0.29, 0.717) is 11.3 Å². The minimum Gasteiger partial charge on any atom is -0.496 e. The van der Waals surface area contributed by atoms with Crippen molar-refractivity contribution in [1.82, 2.24) is 4.98 Å². The van der Waals surface area contributed by atoms with Gasteiger partial charge in [-0.15, -0.1) is 0 Å². The molecule has 14 heavy (non-hydrogen) atoms. The molecule has 0 aliphatic heterocycles. The summed E-state index contributed by atoms with van der Waals surface area (Å²) in [6, 6.07) is 4.97. The lowest BCUT2D eigenvalue weighted by atomic mass is 10.1. The molecule has 0 radical (unpaired) electrons. The lowest BCUT2D eigenvalue weighted by Gasteiger charge is -2.03. The smallest absolute Gasteiger partial charge is 0.337 e. The third-order valence-electron chi connectivity index (χ3n) is 2.13. The zero-order valence-electron chi connectivity index (χ0n) is 7.57. The summed E-state index contributed by atoms with van der Waals surface area (Å²) >= 11 is 0. The number of carboxylic acids is 1. The molecule has 1 aromatic heterocycles. The number of carbonyl (C=O) groups is 1. The standard InChI is InChI=1S/C10H9NO3/c1-14-8-3-2-7(10(12)13)9-6(8)4-5-11-9/h2-5,11H,1H3,(H,12,13). The Kier molecular flexibility index (Phi) is 1.89. The molecule has 2 aromatic rings. The van der Waals surface area contributed by atoms with Gasteiger partial charge in [0.15, 0.2) is 0 Å². The van der Waals surface area contributed by atoms with Crippen molar-refractivity contribution in [2.24, 2.45) is 0 Å². The van der Waals surface area contributed by atoms with Crippen LogP contribution in [0.2, 0.25) is 0 Å². The molecule has 2 rings (SSSR count). The Morgan fingerprint density at radius 2 is 2.21 bits per heavy atom. The summed E-state index contributed by atoms with van der Waals surface area (Å²) in [6.07, 6.45) is 1.69. The number of hydrogen-bond donors (Lipinski definition) is 2. The number of nitrogens with one attached hydrogen (secondary N) is 1. The van der Waals surface area contributed by atoms with Gasteiger partial charge in [-0.3, -0.25) is 0 Å². The maximum atomic E-state index is 10.9. The molecule has 0 atom stereocenters. The molecule has 0 spiro atoms. The van der Waals surface area contributed by atoms with Crippen LogP contribution in [0.4, 0.5) is 0 Å². The van der Waals surface area contributed by atoms with Crippen molar-refractivity contribution in [3.05, 3.63) is 30.0 Å². The van der Waals surface area contributed by atoms with E-state index in [2.05, 4.69) is 4.98 Å². The third kappa shape index (κ3) is 1.12. The second-order valence-electron chi connectivity index (χ2n) is 2.89. The molecule has 2 N–H and O–H groups in total. The molecule has 1 aromatic carbocycles. The highest BCUT2D eigenvalue weighted by molar-refractivity contribution is 6.03. The van der Waals surface area contributed by atoms with Crippen LogP contribution in [0.25, 0.3) is 10.9 Å².